The molecule has 3 nitrogen and oxygen atoms in total. The Kier molecular flexibility index (Phi) is 6.62. The average molecular weight is 678 g/mol. The summed E-state index contributed by atoms with van der Waals surface area (Å²) in [6, 6.07) is 65.9. The van der Waals surface area contributed by atoms with Crippen LogP contribution in [0.1, 0.15) is 0 Å². The van der Waals surface area contributed by atoms with Crippen molar-refractivity contribution in [2.45, 2.75) is 0 Å². The maximum atomic E-state index is 6.57. The van der Waals surface area contributed by atoms with E-state index in [0.717, 1.165) is 51.0 Å². The lowest BCUT2D eigenvalue weighted by Crippen LogP contribution is -2.29. The molecule has 0 fully saturated rings. The van der Waals surface area contributed by atoms with Crippen LogP contribution in [0.25, 0.3) is 33.1 Å². The standard InChI is InChI=1S/C50H33N2O/c1-3-14-34(15-4-1)51-28-29-52(35-16-5-2-6-17-35)48-32-46-44-30-33(36-23-13-24-43-42-22-11-12-25-49(42)53-50(36)43)26-27-41(44)39-20-8-7-18-37(39)38-19-9-10-21-40(38)45(46)31-47(48)51/h1-28,30-32H,29H2/q+1. The smallest absolute Gasteiger partial charge is 0.235 e. The van der Waals surface area contributed by atoms with Gasteiger partial charge < -0.3 is 9.32 Å². The van der Waals surface area contributed by atoms with Gasteiger partial charge in [-0.25, -0.2) is 0 Å². The molecule has 1 aliphatic carbocycles. The fourth-order valence-corrected chi connectivity index (χ4v) is 8.53. The summed E-state index contributed by atoms with van der Waals surface area (Å²) in [5, 5.41) is 12.0. The molecule has 0 spiro atoms. The first kappa shape index (κ1) is 29.7. The molecule has 0 N–H and O–H groups in total. The molecule has 53 heavy (non-hydrogen) atoms. The third kappa shape index (κ3) is 4.64. The van der Waals surface area contributed by atoms with Crippen LogP contribution in [0.5, 0.6) is 0 Å². The zero-order chi connectivity index (χ0) is 34.9. The first-order valence-electron chi connectivity index (χ1n) is 18.2. The molecule has 0 saturated heterocycles. The number of anilines is 2. The van der Waals surface area contributed by atoms with Crippen molar-refractivity contribution >= 4 is 50.9 Å². The number of nitrogens with zero attached hydrogens (tertiary/aromatic N) is 2. The van der Waals surface area contributed by atoms with Crippen LogP contribution in [0, 0.1) is 41.7 Å². The second-order valence-electron chi connectivity index (χ2n) is 13.9. The van der Waals surface area contributed by atoms with E-state index in [2.05, 4.69) is 192 Å². The van der Waals surface area contributed by atoms with Crippen molar-refractivity contribution in [1.29, 1.82) is 0 Å². The molecule has 3 heteroatoms. The Morgan fingerprint density at radius 3 is 1.79 bits per heavy atom. The molecule has 0 amide bonds. The van der Waals surface area contributed by atoms with Crippen LogP contribution in [0.3, 0.4) is 0 Å². The minimum Gasteiger partial charge on any atom is -0.455 e. The number of para-hydroxylation sites is 4. The number of benzene rings is 8. The maximum absolute atomic E-state index is 6.57. The Hall–Kier alpha value is -6.97. The van der Waals surface area contributed by atoms with Crippen molar-refractivity contribution in [1.82, 2.24) is 4.58 Å². The average Bonchev–Trinajstić information content (AvgIpc) is 3.62. The van der Waals surface area contributed by atoms with Gasteiger partial charge in [-0.05, 0) is 77.6 Å². The van der Waals surface area contributed by atoms with Crippen molar-refractivity contribution in [3.63, 3.8) is 0 Å². The Labute approximate surface area is 305 Å². The Morgan fingerprint density at radius 2 is 1.04 bits per heavy atom. The van der Waals surface area contributed by atoms with Crippen molar-refractivity contribution in [2.75, 3.05) is 11.4 Å². The molecule has 1 aromatic heterocycles. The van der Waals surface area contributed by atoms with Gasteiger partial charge >= 0.3 is 0 Å². The van der Waals surface area contributed by atoms with Crippen molar-refractivity contribution in [3.8, 4) is 11.1 Å². The molecule has 0 unspecified atom stereocenters. The molecule has 0 atom stereocenters. The second-order valence-corrected chi connectivity index (χ2v) is 13.9. The summed E-state index contributed by atoms with van der Waals surface area (Å²) in [5.74, 6) is 0. The Balaban J connectivity index is 1.35. The highest BCUT2D eigenvalue weighted by molar-refractivity contribution is 6.09. The molecule has 0 saturated carbocycles. The van der Waals surface area contributed by atoms with Gasteiger partial charge in [-0.2, -0.15) is 4.58 Å². The third-order valence-corrected chi connectivity index (χ3v) is 11.0. The minimum atomic E-state index is 0.741. The summed E-state index contributed by atoms with van der Waals surface area (Å²) in [4.78, 5) is 2.44. The lowest BCUT2D eigenvalue weighted by Gasteiger charge is -2.27. The molecule has 2 heterocycles. The van der Waals surface area contributed by atoms with Crippen LogP contribution in [-0.4, -0.2) is 12.8 Å². The molecular formula is C50H33N2O+. The van der Waals surface area contributed by atoms with Gasteiger partial charge in [-0.3, -0.25) is 0 Å². The maximum Gasteiger partial charge on any atom is 0.235 e. The van der Waals surface area contributed by atoms with Gasteiger partial charge in [-0.15, -0.1) is 0 Å². The number of hydrogen-bond acceptors (Lipinski definition) is 2. The topological polar surface area (TPSA) is 19.4 Å². The molecule has 248 valence electrons. The van der Waals surface area contributed by atoms with Crippen molar-refractivity contribution < 1.29 is 4.42 Å². The second kappa shape index (κ2) is 11.8. The monoisotopic (exact) mass is 677 g/mol. The van der Waals surface area contributed by atoms with E-state index < -0.39 is 0 Å². The lowest BCUT2D eigenvalue weighted by molar-refractivity contribution is 0.670. The summed E-state index contributed by atoms with van der Waals surface area (Å²) in [6.07, 6.45) is 2.31. The van der Waals surface area contributed by atoms with Crippen LogP contribution in [-0.2, 0) is 0 Å². The summed E-state index contributed by atoms with van der Waals surface area (Å²) >= 11 is 0. The number of rotatable bonds is 3. The molecule has 8 aromatic carbocycles. The zero-order valence-electron chi connectivity index (χ0n) is 28.9. The quantitative estimate of drug-likeness (QED) is 0.173. The fourth-order valence-electron chi connectivity index (χ4n) is 8.53. The number of furan rings is 1. The van der Waals surface area contributed by atoms with Crippen LogP contribution in [0.2, 0.25) is 0 Å². The largest absolute Gasteiger partial charge is 0.455 e. The zero-order valence-corrected chi connectivity index (χ0v) is 28.9. The van der Waals surface area contributed by atoms with E-state index >= 15 is 0 Å². The van der Waals surface area contributed by atoms with Crippen LogP contribution >= 0.6 is 0 Å². The van der Waals surface area contributed by atoms with E-state index in [1.54, 1.807) is 0 Å². The normalized spacial score (nSPS) is 12.9. The first-order chi connectivity index (χ1) is 26.3. The Morgan fingerprint density at radius 1 is 0.453 bits per heavy atom. The van der Waals surface area contributed by atoms with E-state index in [4.69, 9.17) is 4.42 Å². The van der Waals surface area contributed by atoms with Gasteiger partial charge in [0, 0.05) is 40.2 Å². The molecular weight excluding hydrogens is 645 g/mol. The van der Waals surface area contributed by atoms with E-state index in [1.807, 2.05) is 6.07 Å². The fraction of sp³-hybridized carbons (Fsp3) is 0.0200. The van der Waals surface area contributed by atoms with Gasteiger partial charge in [0.1, 0.15) is 23.4 Å². The van der Waals surface area contributed by atoms with Crippen LogP contribution < -0.4 is 9.48 Å². The van der Waals surface area contributed by atoms with Crippen molar-refractivity contribution in [3.05, 3.63) is 224 Å². The summed E-state index contributed by atoms with van der Waals surface area (Å²) in [7, 11) is 0. The third-order valence-electron chi connectivity index (χ3n) is 11.0. The number of hydrogen-bond donors (Lipinski definition) is 0. The minimum absolute atomic E-state index is 0.741. The van der Waals surface area contributed by atoms with E-state index in [-0.39, 0.29) is 0 Å². The first-order valence-corrected chi connectivity index (χ1v) is 18.2. The van der Waals surface area contributed by atoms with E-state index in [0.29, 0.717) is 0 Å². The van der Waals surface area contributed by atoms with Crippen LogP contribution in [0.4, 0.5) is 22.7 Å². The lowest BCUT2D eigenvalue weighted by atomic mass is 9.96. The molecule has 9 aromatic rings. The Bertz CT molecular complexity index is 3370. The summed E-state index contributed by atoms with van der Waals surface area (Å²) < 4.78 is 8.94. The molecule has 11 rings (SSSR count). The van der Waals surface area contributed by atoms with Gasteiger partial charge in [0.2, 0.25) is 11.4 Å². The predicted octanol–water partition coefficient (Wildman–Crippen LogP) is 11.8. The molecule has 0 radical (unpaired) electrons. The van der Waals surface area contributed by atoms with Gasteiger partial charge in [0.05, 0.1) is 0 Å². The SMILES string of the molecule is C1=[N+](c2ccccc2)c2cc3c(cc2N(c2ccccc2)C1)=c1cc(-c2cccc4c2oc2ccccc24)ccc1=c1ccccc1=c1ccccc1=3. The van der Waals surface area contributed by atoms with E-state index in [1.165, 1.54) is 53.1 Å². The highest BCUT2D eigenvalue weighted by atomic mass is 16.3. The van der Waals surface area contributed by atoms with E-state index in [9.17, 15) is 0 Å². The summed E-state index contributed by atoms with van der Waals surface area (Å²) in [6.45, 7) is 0.741. The highest BCUT2D eigenvalue weighted by Crippen LogP contribution is 2.40. The van der Waals surface area contributed by atoms with Gasteiger partial charge in [-0.1, -0.05) is 133 Å². The number of fused-ring (bicyclic) bond motifs is 8. The molecule has 2 aliphatic rings. The predicted molar refractivity (Wildman–Crippen MR) is 217 cm³/mol. The molecule has 1 aliphatic heterocycles. The van der Waals surface area contributed by atoms with Crippen LogP contribution in [0.15, 0.2) is 186 Å². The summed E-state index contributed by atoms with van der Waals surface area (Å²) in [5.41, 5.74) is 8.67. The van der Waals surface area contributed by atoms with Gasteiger partial charge in [0.15, 0.2) is 6.21 Å². The van der Waals surface area contributed by atoms with Crippen molar-refractivity contribution in [2.24, 2.45) is 0 Å². The van der Waals surface area contributed by atoms with Gasteiger partial charge in [0.25, 0.3) is 0 Å². The highest BCUT2D eigenvalue weighted by Gasteiger charge is 2.28. The molecule has 0 bridgehead atoms.